The second-order valence-corrected chi connectivity index (χ2v) is 1.16. The van der Waals surface area contributed by atoms with Gasteiger partial charge in [0.15, 0.2) is 7.98 Å². The average Bonchev–Trinajstić information content (AvgIpc) is 1.36. The van der Waals surface area contributed by atoms with Crippen molar-refractivity contribution in [1.29, 1.82) is 0 Å². The first-order valence-electron chi connectivity index (χ1n) is 1.63. The monoisotopic (exact) mass is 73.1 g/mol. The Morgan fingerprint density at radius 1 is 1.50 bits per heavy atom. The molecular formula is CH3B4N. The van der Waals surface area contributed by atoms with E-state index in [-0.39, 0.29) is 0 Å². The number of nitrogens with zero attached hydrogens (tertiary/aromatic N) is 1. The fraction of sp³-hybridized carbons (Fsp3) is 1.00. The summed E-state index contributed by atoms with van der Waals surface area (Å²) in [5.74, 6) is 0. The third kappa shape index (κ3) is 2.46. The largest absolute Gasteiger partial charge is 0.410 e. The summed E-state index contributed by atoms with van der Waals surface area (Å²) in [6.07, 6.45) is 0. The van der Waals surface area contributed by atoms with E-state index in [2.05, 4.69) is 0 Å². The molecule has 0 bridgehead atoms. The van der Waals surface area contributed by atoms with Crippen molar-refractivity contribution in [2.24, 2.45) is 0 Å². The lowest BCUT2D eigenvalue weighted by Gasteiger charge is -2.11. The molecule has 0 heterocycles. The Kier molecular flexibility index (Phi) is 2.49. The zero-order chi connectivity index (χ0) is 5.15. The van der Waals surface area contributed by atoms with Crippen molar-refractivity contribution in [1.82, 2.24) is 4.72 Å². The van der Waals surface area contributed by atoms with E-state index in [9.17, 15) is 0 Å². The van der Waals surface area contributed by atoms with Gasteiger partial charge in [0, 0.05) is 15.5 Å². The Balaban J connectivity index is 2.99. The van der Waals surface area contributed by atoms with Gasteiger partial charge in [-0.3, -0.25) is 0 Å². The molecule has 0 saturated heterocycles. The summed E-state index contributed by atoms with van der Waals surface area (Å²) < 4.78 is 1.22. The van der Waals surface area contributed by atoms with Crippen molar-refractivity contribution in [2.75, 3.05) is 7.05 Å². The minimum Gasteiger partial charge on any atom is -0.410 e. The molecule has 0 aromatic rings. The van der Waals surface area contributed by atoms with Crippen LogP contribution in [0, 0.1) is 0 Å². The second kappa shape index (κ2) is 2.40. The van der Waals surface area contributed by atoms with Gasteiger partial charge in [-0.25, -0.2) is 0 Å². The highest BCUT2D eigenvalue weighted by Gasteiger charge is 1.94. The van der Waals surface area contributed by atoms with Crippen LogP contribution in [-0.4, -0.2) is 41.9 Å². The molecule has 0 aliphatic rings. The molecule has 0 fully saturated rings. The first-order chi connectivity index (χ1) is 2.64. The van der Waals surface area contributed by atoms with Crippen LogP contribution in [0.25, 0.3) is 0 Å². The lowest BCUT2D eigenvalue weighted by atomic mass is 9.26. The summed E-state index contributed by atoms with van der Waals surface area (Å²) in [4.78, 5) is 0. The first-order valence-corrected chi connectivity index (χ1v) is 1.63. The van der Waals surface area contributed by atoms with Gasteiger partial charge >= 0.3 is 0 Å². The zero-order valence-corrected chi connectivity index (χ0v) is 3.76. The maximum Gasteiger partial charge on any atom is 0.166 e. The lowest BCUT2D eigenvalue weighted by molar-refractivity contribution is 0.877. The minimum absolute atomic E-state index is 0.537. The van der Waals surface area contributed by atoms with Gasteiger partial charge in [0.25, 0.3) is 0 Å². The predicted octanol–water partition coefficient (Wildman–Crippen LogP) is -1.68. The molecule has 0 aromatic carbocycles. The number of hydrogen-bond acceptors (Lipinski definition) is 1. The molecule has 0 saturated carbocycles. The summed E-state index contributed by atoms with van der Waals surface area (Å²) in [5, 5.41) is 0. The quantitative estimate of drug-likeness (QED) is 0.335. The summed E-state index contributed by atoms with van der Waals surface area (Å²) >= 11 is 0. The van der Waals surface area contributed by atoms with Crippen molar-refractivity contribution in [2.45, 2.75) is 0 Å². The maximum absolute atomic E-state index is 5.02. The maximum atomic E-state index is 5.02. The molecule has 24 valence electrons. The van der Waals surface area contributed by atoms with E-state index in [1.54, 1.807) is 7.05 Å². The van der Waals surface area contributed by atoms with Crippen LogP contribution in [0.15, 0.2) is 0 Å². The Morgan fingerprint density at radius 2 is 1.67 bits per heavy atom. The molecule has 0 N–H and O–H groups in total. The van der Waals surface area contributed by atoms with E-state index in [4.69, 9.17) is 23.5 Å². The van der Waals surface area contributed by atoms with Crippen LogP contribution < -0.4 is 0 Å². The van der Waals surface area contributed by atoms with E-state index >= 15 is 0 Å². The standard InChI is InChI=1S/CH3B4N/c1-6(4)5(2)3/h1H3. The number of rotatable bonds is 1. The third-order valence-electron chi connectivity index (χ3n) is 0.470. The Bertz CT molecular complexity index is 28.5. The van der Waals surface area contributed by atoms with Gasteiger partial charge in [0.1, 0.15) is 6.63 Å². The molecule has 1 nitrogen and oxygen atoms in total. The van der Waals surface area contributed by atoms with E-state index in [1.165, 1.54) is 4.72 Å². The van der Waals surface area contributed by atoms with Crippen molar-refractivity contribution in [3.8, 4) is 0 Å². The molecule has 0 aromatic heterocycles. The molecule has 5 heteroatoms. The van der Waals surface area contributed by atoms with E-state index in [0.717, 1.165) is 0 Å². The highest BCUT2D eigenvalue weighted by Crippen LogP contribution is 1.66. The normalized spacial score (nSPS) is 9.00. The molecule has 0 atom stereocenters. The van der Waals surface area contributed by atoms with E-state index < -0.39 is 6.63 Å². The fourth-order valence-corrected chi connectivity index (χ4v) is 0. The van der Waals surface area contributed by atoms with Crippen LogP contribution in [0.2, 0.25) is 0 Å². The smallest absolute Gasteiger partial charge is 0.166 e. The first kappa shape index (κ1) is 6.22. The molecule has 0 aliphatic heterocycles. The summed E-state index contributed by atoms with van der Waals surface area (Å²) in [6.45, 7) is -0.537. The molecule has 0 spiro atoms. The molecule has 6 radical (unpaired) electrons. The second-order valence-electron chi connectivity index (χ2n) is 1.16. The Morgan fingerprint density at radius 3 is 1.67 bits per heavy atom. The highest BCUT2D eigenvalue weighted by molar-refractivity contribution is 7.28. The summed E-state index contributed by atoms with van der Waals surface area (Å²) in [6, 6.07) is 0. The van der Waals surface area contributed by atoms with Crippen molar-refractivity contribution < 1.29 is 0 Å². The molecule has 6 heavy (non-hydrogen) atoms. The topological polar surface area (TPSA) is 3.24 Å². The Hall–Kier alpha value is 0.220. The Labute approximate surface area is 42.8 Å². The lowest BCUT2D eigenvalue weighted by Crippen LogP contribution is -2.35. The molecule has 0 rings (SSSR count). The predicted molar refractivity (Wildman–Crippen MR) is 30.8 cm³/mol. The molecule has 0 aliphatic carbocycles. The van der Waals surface area contributed by atoms with Gasteiger partial charge < -0.3 is 4.72 Å². The van der Waals surface area contributed by atoms with Crippen LogP contribution in [0.5, 0.6) is 0 Å². The van der Waals surface area contributed by atoms with Gasteiger partial charge in [-0.15, -0.1) is 0 Å². The number of hydrogen-bond donors (Lipinski definition) is 0. The third-order valence-corrected chi connectivity index (χ3v) is 0.470. The van der Waals surface area contributed by atoms with Gasteiger partial charge in [-0.2, -0.15) is 0 Å². The van der Waals surface area contributed by atoms with Crippen molar-refractivity contribution >= 4 is 30.1 Å². The van der Waals surface area contributed by atoms with Crippen LogP contribution in [-0.2, 0) is 0 Å². The molecule has 0 amide bonds. The average molecular weight is 72.3 g/mol. The van der Waals surface area contributed by atoms with Gasteiger partial charge in [-0.1, -0.05) is 0 Å². The zero-order valence-electron chi connectivity index (χ0n) is 3.76. The molecule has 0 unspecified atom stereocenters. The van der Waals surface area contributed by atoms with Gasteiger partial charge in [0.2, 0.25) is 0 Å². The summed E-state index contributed by atoms with van der Waals surface area (Å²) in [7, 11) is 16.6. The van der Waals surface area contributed by atoms with Crippen LogP contribution in [0.3, 0.4) is 0 Å². The van der Waals surface area contributed by atoms with Crippen molar-refractivity contribution in [3.05, 3.63) is 0 Å². The fourth-order valence-electron chi connectivity index (χ4n) is 0. The van der Waals surface area contributed by atoms with Crippen LogP contribution in [0.4, 0.5) is 0 Å². The van der Waals surface area contributed by atoms with Crippen LogP contribution >= 0.6 is 0 Å². The van der Waals surface area contributed by atoms with Crippen LogP contribution in [0.1, 0.15) is 0 Å². The van der Waals surface area contributed by atoms with E-state index in [0.29, 0.717) is 0 Å². The highest BCUT2D eigenvalue weighted by atomic mass is 14.9. The minimum atomic E-state index is -0.537. The summed E-state index contributed by atoms with van der Waals surface area (Å²) in [5.41, 5.74) is 0. The van der Waals surface area contributed by atoms with Gasteiger partial charge in [-0.05, 0) is 7.05 Å². The SMILES string of the molecule is [B]B([B])N([B])C. The van der Waals surface area contributed by atoms with Crippen molar-refractivity contribution in [3.63, 3.8) is 0 Å². The van der Waals surface area contributed by atoms with Gasteiger partial charge in [0.05, 0.1) is 0 Å². The van der Waals surface area contributed by atoms with E-state index in [1.807, 2.05) is 0 Å². The molecular weight excluding hydrogens is 69.3 g/mol.